The van der Waals surface area contributed by atoms with Crippen molar-refractivity contribution in [2.45, 2.75) is 77.9 Å². The number of benzene rings is 1. The van der Waals surface area contributed by atoms with Gasteiger partial charge in [-0.25, -0.2) is 4.79 Å². The van der Waals surface area contributed by atoms with Crippen LogP contribution in [-0.4, -0.2) is 71.0 Å². The van der Waals surface area contributed by atoms with Crippen LogP contribution in [0.15, 0.2) is 24.3 Å². The number of alkyl carbamates (subject to hydrolysis) is 1. The first-order chi connectivity index (χ1) is 17.7. The van der Waals surface area contributed by atoms with E-state index in [0.29, 0.717) is 52.5 Å². The standard InChI is InChI=1S/C28H47NO8/c1-23(29-27(31)37-28(2,3)4)24-12-10-13-25(22-24)36-17-9-7-6-8-15-33-18-20-35-21-19-34-16-11-14-26(30)32-5/h10,12-13,22-23H,6-9,11,14-21H2,1-5H3,(H,29,31)/t23-/m1/s1. The second-order valence-electron chi connectivity index (χ2n) is 9.72. The van der Waals surface area contributed by atoms with Crippen LogP contribution in [0.2, 0.25) is 0 Å². The van der Waals surface area contributed by atoms with E-state index >= 15 is 0 Å². The highest BCUT2D eigenvalue weighted by molar-refractivity contribution is 5.69. The van der Waals surface area contributed by atoms with E-state index in [1.54, 1.807) is 0 Å². The molecule has 0 radical (unpaired) electrons. The predicted octanol–water partition coefficient (Wildman–Crippen LogP) is 5.21. The Hall–Kier alpha value is -2.36. The van der Waals surface area contributed by atoms with Crippen molar-refractivity contribution in [2.75, 3.05) is 53.4 Å². The monoisotopic (exact) mass is 525 g/mol. The van der Waals surface area contributed by atoms with Crippen LogP contribution < -0.4 is 10.1 Å². The average Bonchev–Trinajstić information content (AvgIpc) is 2.84. The van der Waals surface area contributed by atoms with E-state index in [1.165, 1.54) is 7.11 Å². The van der Waals surface area contributed by atoms with Gasteiger partial charge in [-0.2, -0.15) is 0 Å². The minimum atomic E-state index is -0.527. The maximum absolute atomic E-state index is 12.0. The van der Waals surface area contributed by atoms with Gasteiger partial charge in [0.05, 0.1) is 46.2 Å². The molecule has 0 heterocycles. The highest BCUT2D eigenvalue weighted by Gasteiger charge is 2.18. The Labute approximate surface area is 222 Å². The fourth-order valence-electron chi connectivity index (χ4n) is 3.25. The molecule has 1 rings (SSSR count). The molecule has 0 saturated heterocycles. The smallest absolute Gasteiger partial charge is 0.408 e. The first-order valence-electron chi connectivity index (χ1n) is 13.2. The van der Waals surface area contributed by atoms with Crippen LogP contribution >= 0.6 is 0 Å². The lowest BCUT2D eigenvalue weighted by atomic mass is 10.1. The van der Waals surface area contributed by atoms with Crippen LogP contribution in [0.4, 0.5) is 4.79 Å². The Morgan fingerprint density at radius 3 is 2.05 bits per heavy atom. The highest BCUT2D eigenvalue weighted by Crippen LogP contribution is 2.20. The molecule has 0 bridgehead atoms. The SMILES string of the molecule is COC(=O)CCCOCCOCCOCCCCCCOc1cccc([C@@H](C)NC(=O)OC(C)(C)C)c1. The third-order valence-electron chi connectivity index (χ3n) is 5.18. The number of hydrogen-bond donors (Lipinski definition) is 1. The van der Waals surface area contributed by atoms with E-state index in [2.05, 4.69) is 10.1 Å². The normalized spacial score (nSPS) is 12.1. The maximum atomic E-state index is 12.0. The molecule has 1 aromatic rings. The van der Waals surface area contributed by atoms with Crippen LogP contribution in [0.25, 0.3) is 0 Å². The fourth-order valence-corrected chi connectivity index (χ4v) is 3.25. The summed E-state index contributed by atoms with van der Waals surface area (Å²) in [5, 5.41) is 2.85. The molecule has 1 aromatic carbocycles. The molecular formula is C28H47NO8. The molecule has 0 aromatic heterocycles. The zero-order chi connectivity index (χ0) is 27.4. The van der Waals surface area contributed by atoms with E-state index in [9.17, 15) is 9.59 Å². The van der Waals surface area contributed by atoms with Crippen LogP contribution in [0.3, 0.4) is 0 Å². The number of hydrogen-bond acceptors (Lipinski definition) is 8. The largest absolute Gasteiger partial charge is 0.494 e. The van der Waals surface area contributed by atoms with Crippen LogP contribution in [0, 0.1) is 0 Å². The first-order valence-corrected chi connectivity index (χ1v) is 13.2. The number of carbonyl (C=O) groups is 2. The van der Waals surface area contributed by atoms with Gasteiger partial charge in [-0.15, -0.1) is 0 Å². The number of methoxy groups -OCH3 is 1. The second kappa shape index (κ2) is 19.7. The number of carbonyl (C=O) groups excluding carboxylic acids is 2. The summed E-state index contributed by atoms with van der Waals surface area (Å²) in [6, 6.07) is 7.59. The minimum absolute atomic E-state index is 0.179. The van der Waals surface area contributed by atoms with Gasteiger partial charge in [-0.3, -0.25) is 4.79 Å². The zero-order valence-corrected chi connectivity index (χ0v) is 23.3. The number of ether oxygens (including phenoxy) is 6. The van der Waals surface area contributed by atoms with Gasteiger partial charge in [0.15, 0.2) is 0 Å². The van der Waals surface area contributed by atoms with Gasteiger partial charge in [0.1, 0.15) is 11.4 Å². The molecule has 0 aliphatic heterocycles. The fraction of sp³-hybridized carbons (Fsp3) is 0.714. The van der Waals surface area contributed by atoms with Gasteiger partial charge in [0.2, 0.25) is 0 Å². The van der Waals surface area contributed by atoms with Gasteiger partial charge < -0.3 is 33.7 Å². The van der Waals surface area contributed by atoms with Crippen molar-refractivity contribution >= 4 is 12.1 Å². The van der Waals surface area contributed by atoms with Crippen LogP contribution in [0.1, 0.15) is 77.8 Å². The lowest BCUT2D eigenvalue weighted by Gasteiger charge is -2.22. The Balaban J connectivity index is 1.98. The molecular weight excluding hydrogens is 478 g/mol. The Morgan fingerprint density at radius 1 is 0.838 bits per heavy atom. The average molecular weight is 526 g/mol. The maximum Gasteiger partial charge on any atom is 0.408 e. The summed E-state index contributed by atoms with van der Waals surface area (Å²) in [6.45, 7) is 11.5. The molecule has 9 nitrogen and oxygen atoms in total. The molecule has 0 unspecified atom stereocenters. The summed E-state index contributed by atoms with van der Waals surface area (Å²) in [7, 11) is 1.38. The minimum Gasteiger partial charge on any atom is -0.494 e. The van der Waals surface area contributed by atoms with E-state index < -0.39 is 11.7 Å². The summed E-state index contributed by atoms with van der Waals surface area (Å²) in [6.07, 6.45) is 4.74. The Bertz CT molecular complexity index is 750. The molecule has 0 saturated carbocycles. The van der Waals surface area contributed by atoms with Crippen molar-refractivity contribution in [3.63, 3.8) is 0 Å². The lowest BCUT2D eigenvalue weighted by molar-refractivity contribution is -0.141. The van der Waals surface area contributed by atoms with Gasteiger partial charge in [-0.05, 0) is 71.1 Å². The van der Waals surface area contributed by atoms with Crippen molar-refractivity contribution in [2.24, 2.45) is 0 Å². The number of nitrogens with one attached hydrogen (secondary N) is 1. The van der Waals surface area contributed by atoms with Crippen LogP contribution in [-0.2, 0) is 28.5 Å². The summed E-state index contributed by atoms with van der Waals surface area (Å²) in [5.41, 5.74) is 0.438. The summed E-state index contributed by atoms with van der Waals surface area (Å²) >= 11 is 0. The van der Waals surface area contributed by atoms with E-state index in [1.807, 2.05) is 52.0 Å². The molecule has 212 valence electrons. The summed E-state index contributed by atoms with van der Waals surface area (Å²) < 4.78 is 32.2. The van der Waals surface area contributed by atoms with Crippen LogP contribution in [0.5, 0.6) is 5.75 Å². The molecule has 9 heteroatoms. The molecule has 0 spiro atoms. The Morgan fingerprint density at radius 2 is 1.43 bits per heavy atom. The third-order valence-corrected chi connectivity index (χ3v) is 5.18. The quantitative estimate of drug-likeness (QED) is 0.183. The van der Waals surface area contributed by atoms with E-state index in [0.717, 1.165) is 43.6 Å². The molecule has 37 heavy (non-hydrogen) atoms. The number of rotatable bonds is 20. The second-order valence-corrected chi connectivity index (χ2v) is 9.72. The van der Waals surface area contributed by atoms with Gasteiger partial charge in [0.25, 0.3) is 0 Å². The summed E-state index contributed by atoms with van der Waals surface area (Å²) in [4.78, 5) is 23.0. The van der Waals surface area contributed by atoms with Crippen molar-refractivity contribution in [1.29, 1.82) is 0 Å². The molecule has 1 atom stereocenters. The van der Waals surface area contributed by atoms with E-state index in [-0.39, 0.29) is 12.0 Å². The molecule has 1 N–H and O–H groups in total. The van der Waals surface area contributed by atoms with Crippen molar-refractivity contribution < 1.29 is 38.0 Å². The van der Waals surface area contributed by atoms with Gasteiger partial charge in [0, 0.05) is 19.6 Å². The first kappa shape index (κ1) is 32.7. The number of esters is 1. The van der Waals surface area contributed by atoms with Crippen molar-refractivity contribution in [1.82, 2.24) is 5.32 Å². The topological polar surface area (TPSA) is 102 Å². The molecule has 0 fully saturated rings. The predicted molar refractivity (Wildman–Crippen MR) is 142 cm³/mol. The van der Waals surface area contributed by atoms with E-state index in [4.69, 9.17) is 23.7 Å². The van der Waals surface area contributed by atoms with Gasteiger partial charge in [-0.1, -0.05) is 18.6 Å². The number of amides is 1. The van der Waals surface area contributed by atoms with Crippen molar-refractivity contribution in [3.05, 3.63) is 29.8 Å². The zero-order valence-electron chi connectivity index (χ0n) is 23.3. The lowest BCUT2D eigenvalue weighted by Crippen LogP contribution is -2.34. The Kier molecular flexibility index (Phi) is 17.4. The molecule has 0 aliphatic carbocycles. The molecule has 1 amide bonds. The number of unbranched alkanes of at least 4 members (excludes halogenated alkanes) is 3. The highest BCUT2D eigenvalue weighted by atomic mass is 16.6. The summed E-state index contributed by atoms with van der Waals surface area (Å²) in [5.74, 6) is 0.582. The van der Waals surface area contributed by atoms with Crippen molar-refractivity contribution in [3.8, 4) is 5.75 Å². The van der Waals surface area contributed by atoms with Gasteiger partial charge >= 0.3 is 12.1 Å². The third kappa shape index (κ3) is 18.5. The molecule has 0 aliphatic rings.